The number of amides is 1. The van der Waals surface area contributed by atoms with Crippen molar-refractivity contribution in [2.24, 2.45) is 0 Å². The van der Waals surface area contributed by atoms with E-state index in [2.05, 4.69) is 25.8 Å². The summed E-state index contributed by atoms with van der Waals surface area (Å²) in [5, 5.41) is 11.8. The molecule has 0 bridgehead atoms. The van der Waals surface area contributed by atoms with Crippen LogP contribution in [0, 0.1) is 27.7 Å². The van der Waals surface area contributed by atoms with Gasteiger partial charge in [0.15, 0.2) is 0 Å². The molecule has 1 unspecified atom stereocenters. The Hall–Kier alpha value is -2.87. The number of rotatable bonds is 7. The van der Waals surface area contributed by atoms with E-state index in [1.54, 1.807) is 4.90 Å². The van der Waals surface area contributed by atoms with Crippen LogP contribution in [0.15, 0.2) is 42.5 Å². The standard InChI is InChI=1S/C27H34ClN5O2/c1-18-8-5-6-10-24(18)33(27(35)26-20(3)29-21(4)30-26)17-22(34)16-31-12-14-32(15-13-31)25-11-7-9-23(28)19(25)2/h5-11,22,34H,12-17H2,1-4H3,(H,29,30). The van der Waals surface area contributed by atoms with Gasteiger partial charge in [0.2, 0.25) is 0 Å². The molecule has 0 aliphatic carbocycles. The lowest BCUT2D eigenvalue weighted by Gasteiger charge is -2.38. The number of aliphatic hydroxyl groups is 1. The lowest BCUT2D eigenvalue weighted by Crippen LogP contribution is -2.50. The molecule has 1 amide bonds. The monoisotopic (exact) mass is 495 g/mol. The highest BCUT2D eigenvalue weighted by Crippen LogP contribution is 2.27. The first-order valence-electron chi connectivity index (χ1n) is 12.1. The molecule has 1 saturated heterocycles. The van der Waals surface area contributed by atoms with Crippen LogP contribution < -0.4 is 9.80 Å². The summed E-state index contributed by atoms with van der Waals surface area (Å²) in [5.74, 6) is 0.491. The van der Waals surface area contributed by atoms with Crippen LogP contribution in [0.1, 0.15) is 33.1 Å². The number of piperazine rings is 1. The van der Waals surface area contributed by atoms with E-state index < -0.39 is 6.10 Å². The number of nitrogens with one attached hydrogen (secondary N) is 1. The predicted molar refractivity (Wildman–Crippen MR) is 142 cm³/mol. The fourth-order valence-corrected chi connectivity index (χ4v) is 4.95. The number of aromatic amines is 1. The first-order valence-corrected chi connectivity index (χ1v) is 12.4. The number of hydrogen-bond donors (Lipinski definition) is 2. The first-order chi connectivity index (χ1) is 16.7. The number of anilines is 2. The molecule has 8 heteroatoms. The van der Waals surface area contributed by atoms with Gasteiger partial charge in [-0.25, -0.2) is 4.98 Å². The summed E-state index contributed by atoms with van der Waals surface area (Å²) in [6, 6.07) is 13.8. The first kappa shape index (κ1) is 25.2. The van der Waals surface area contributed by atoms with Gasteiger partial charge in [-0.3, -0.25) is 9.69 Å². The van der Waals surface area contributed by atoms with Crippen LogP contribution in [0.2, 0.25) is 5.02 Å². The second-order valence-electron chi connectivity index (χ2n) is 9.32. The lowest BCUT2D eigenvalue weighted by atomic mass is 10.1. The average Bonchev–Trinajstić information content (AvgIpc) is 3.18. The van der Waals surface area contributed by atoms with Crippen molar-refractivity contribution in [1.29, 1.82) is 0 Å². The third kappa shape index (κ3) is 5.69. The zero-order valence-electron chi connectivity index (χ0n) is 20.9. The van der Waals surface area contributed by atoms with Crippen molar-refractivity contribution in [3.8, 4) is 0 Å². The molecule has 0 radical (unpaired) electrons. The molecule has 0 saturated carbocycles. The van der Waals surface area contributed by atoms with E-state index in [4.69, 9.17) is 11.6 Å². The van der Waals surface area contributed by atoms with Crippen LogP contribution in [0.25, 0.3) is 0 Å². The molecule has 1 aliphatic heterocycles. The molecule has 7 nitrogen and oxygen atoms in total. The Balaban J connectivity index is 1.44. The number of imidazole rings is 1. The molecule has 3 aromatic rings. The average molecular weight is 496 g/mol. The normalized spacial score (nSPS) is 15.3. The number of halogens is 1. The second kappa shape index (κ2) is 10.8. The van der Waals surface area contributed by atoms with E-state index in [0.717, 1.165) is 53.7 Å². The topological polar surface area (TPSA) is 75.7 Å². The Morgan fingerprint density at radius 3 is 2.46 bits per heavy atom. The van der Waals surface area contributed by atoms with E-state index in [-0.39, 0.29) is 12.5 Å². The quantitative estimate of drug-likeness (QED) is 0.515. The second-order valence-corrected chi connectivity index (χ2v) is 9.73. The molecule has 186 valence electrons. The maximum absolute atomic E-state index is 13.5. The van der Waals surface area contributed by atoms with Gasteiger partial charge in [-0.15, -0.1) is 0 Å². The Morgan fingerprint density at radius 2 is 1.80 bits per heavy atom. The van der Waals surface area contributed by atoms with Gasteiger partial charge in [0.05, 0.1) is 12.6 Å². The summed E-state index contributed by atoms with van der Waals surface area (Å²) in [6.07, 6.45) is -0.696. The fourth-order valence-electron chi connectivity index (χ4n) is 4.78. The molecule has 4 rings (SSSR count). The Kier molecular flexibility index (Phi) is 7.79. The lowest BCUT2D eigenvalue weighted by molar-refractivity contribution is 0.0907. The molecule has 1 aromatic heterocycles. The molecule has 0 spiro atoms. The maximum Gasteiger partial charge on any atom is 0.278 e. The number of para-hydroxylation sites is 1. The van der Waals surface area contributed by atoms with Gasteiger partial charge in [-0.05, 0) is 57.0 Å². The molecule has 2 aromatic carbocycles. The van der Waals surface area contributed by atoms with Gasteiger partial charge in [-0.2, -0.15) is 0 Å². The van der Waals surface area contributed by atoms with Crippen LogP contribution in [0.5, 0.6) is 0 Å². The zero-order chi connectivity index (χ0) is 25.1. The molecule has 2 N–H and O–H groups in total. The van der Waals surface area contributed by atoms with E-state index in [0.29, 0.717) is 18.1 Å². The van der Waals surface area contributed by atoms with Crippen molar-refractivity contribution in [3.63, 3.8) is 0 Å². The number of aromatic nitrogens is 2. The molecule has 1 atom stereocenters. The van der Waals surface area contributed by atoms with Crippen LogP contribution >= 0.6 is 11.6 Å². The molecule has 1 aliphatic rings. The molecule has 1 fully saturated rings. The fraction of sp³-hybridized carbons (Fsp3) is 0.407. The Bertz CT molecular complexity index is 1190. The largest absolute Gasteiger partial charge is 0.390 e. The summed E-state index contributed by atoms with van der Waals surface area (Å²) in [7, 11) is 0. The van der Waals surface area contributed by atoms with Crippen LogP contribution in [-0.4, -0.2) is 71.3 Å². The minimum atomic E-state index is -0.696. The zero-order valence-corrected chi connectivity index (χ0v) is 21.6. The molecule has 2 heterocycles. The van der Waals surface area contributed by atoms with Crippen molar-refractivity contribution in [3.05, 3.63) is 75.8 Å². The minimum Gasteiger partial charge on any atom is -0.390 e. The number of β-amino-alcohol motifs (C(OH)–C–C–N with tert-alkyl or cyclic N) is 1. The number of carbonyl (C=O) groups excluding carboxylic acids is 1. The highest BCUT2D eigenvalue weighted by Gasteiger charge is 2.27. The molecular formula is C27H34ClN5O2. The highest BCUT2D eigenvalue weighted by molar-refractivity contribution is 6.31. The van der Waals surface area contributed by atoms with Crippen LogP contribution in [0.4, 0.5) is 11.4 Å². The SMILES string of the molecule is Cc1nc(C(=O)N(CC(O)CN2CCN(c3cccc(Cl)c3C)CC2)c2ccccc2C)c(C)[nH]1. The van der Waals surface area contributed by atoms with Crippen LogP contribution in [-0.2, 0) is 0 Å². The van der Waals surface area contributed by atoms with Crippen molar-refractivity contribution >= 4 is 28.9 Å². The summed E-state index contributed by atoms with van der Waals surface area (Å²) < 4.78 is 0. The van der Waals surface area contributed by atoms with Gasteiger partial charge in [0.25, 0.3) is 5.91 Å². The number of carbonyl (C=O) groups is 1. The van der Waals surface area contributed by atoms with Gasteiger partial charge >= 0.3 is 0 Å². The Labute approximate surface area is 212 Å². The predicted octanol–water partition coefficient (Wildman–Crippen LogP) is 4.13. The molecule has 35 heavy (non-hydrogen) atoms. The van der Waals surface area contributed by atoms with Crippen molar-refractivity contribution < 1.29 is 9.90 Å². The van der Waals surface area contributed by atoms with E-state index in [1.807, 2.05) is 64.1 Å². The van der Waals surface area contributed by atoms with Gasteiger partial charge in [0, 0.05) is 54.8 Å². The van der Waals surface area contributed by atoms with E-state index in [9.17, 15) is 9.90 Å². The van der Waals surface area contributed by atoms with Gasteiger partial charge in [0.1, 0.15) is 11.5 Å². The number of nitrogens with zero attached hydrogens (tertiary/aromatic N) is 4. The van der Waals surface area contributed by atoms with Crippen molar-refractivity contribution in [1.82, 2.24) is 14.9 Å². The third-order valence-corrected chi connectivity index (χ3v) is 7.08. The maximum atomic E-state index is 13.5. The summed E-state index contributed by atoms with van der Waals surface area (Å²) >= 11 is 6.31. The van der Waals surface area contributed by atoms with E-state index in [1.165, 1.54) is 5.69 Å². The summed E-state index contributed by atoms with van der Waals surface area (Å²) in [6.45, 7) is 11.8. The van der Waals surface area contributed by atoms with Gasteiger partial charge < -0.3 is 19.9 Å². The number of benzene rings is 2. The number of H-pyrrole nitrogens is 1. The van der Waals surface area contributed by atoms with E-state index >= 15 is 0 Å². The number of aryl methyl sites for hydroxylation is 3. The number of aliphatic hydroxyl groups excluding tert-OH is 1. The summed E-state index contributed by atoms with van der Waals surface area (Å²) in [4.78, 5) is 27.3. The van der Waals surface area contributed by atoms with Crippen molar-refractivity contribution in [2.45, 2.75) is 33.8 Å². The van der Waals surface area contributed by atoms with Crippen molar-refractivity contribution in [2.75, 3.05) is 49.1 Å². The molecular weight excluding hydrogens is 462 g/mol. The Morgan fingerprint density at radius 1 is 1.09 bits per heavy atom. The number of hydrogen-bond acceptors (Lipinski definition) is 5. The van der Waals surface area contributed by atoms with Crippen LogP contribution in [0.3, 0.4) is 0 Å². The summed E-state index contributed by atoms with van der Waals surface area (Å²) in [5.41, 5.74) is 5.15. The smallest absolute Gasteiger partial charge is 0.278 e. The highest BCUT2D eigenvalue weighted by atomic mass is 35.5. The van der Waals surface area contributed by atoms with Gasteiger partial charge in [-0.1, -0.05) is 35.9 Å². The third-order valence-electron chi connectivity index (χ3n) is 6.67. The minimum absolute atomic E-state index is 0.197.